The first-order valence-electron chi connectivity index (χ1n) is 24.8. The van der Waals surface area contributed by atoms with Crippen molar-refractivity contribution in [2.45, 2.75) is 173 Å². The molecular formula is C52H82NO14P. The zero-order valence-electron chi connectivity index (χ0n) is 42.5. The number of aliphatic hydroxyl groups excluding tert-OH is 1. The van der Waals surface area contributed by atoms with E-state index < -0.39 is 85.1 Å². The van der Waals surface area contributed by atoms with Gasteiger partial charge in [0.2, 0.25) is 5.79 Å². The minimum absolute atomic E-state index is 0.0153. The Bertz CT molecular complexity index is 1890. The number of carbonyl (C=O) groups is 5. The lowest BCUT2D eigenvalue weighted by atomic mass is 9.78. The Balaban J connectivity index is 1.68. The van der Waals surface area contributed by atoms with Crippen molar-refractivity contribution in [3.05, 3.63) is 48.1 Å². The zero-order chi connectivity index (χ0) is 50.5. The van der Waals surface area contributed by atoms with E-state index in [-0.39, 0.29) is 60.9 Å². The van der Waals surface area contributed by atoms with Crippen molar-refractivity contribution in [2.24, 2.45) is 35.5 Å². The topological polar surface area (TPSA) is 201 Å². The van der Waals surface area contributed by atoms with Crippen molar-refractivity contribution in [2.75, 3.05) is 41.2 Å². The molecule has 1 aliphatic carbocycles. The molecule has 2 bridgehead atoms. The average Bonchev–Trinajstić information content (AvgIpc) is 3.29. The molecule has 1 unspecified atom stereocenters. The van der Waals surface area contributed by atoms with E-state index in [9.17, 15) is 38.8 Å². The van der Waals surface area contributed by atoms with Crippen LogP contribution in [0.25, 0.3) is 0 Å². The van der Waals surface area contributed by atoms with Gasteiger partial charge in [0.1, 0.15) is 30.1 Å². The van der Waals surface area contributed by atoms with Gasteiger partial charge >= 0.3 is 5.97 Å². The van der Waals surface area contributed by atoms with Gasteiger partial charge in [-0.1, -0.05) is 77.2 Å². The summed E-state index contributed by atoms with van der Waals surface area (Å²) in [6, 6.07) is -1.15. The third-order valence-corrected chi connectivity index (χ3v) is 15.3. The van der Waals surface area contributed by atoms with E-state index in [0.717, 1.165) is 12.0 Å². The summed E-state index contributed by atoms with van der Waals surface area (Å²) < 4.78 is 48.0. The van der Waals surface area contributed by atoms with Crippen LogP contribution in [0.15, 0.2) is 48.1 Å². The highest BCUT2D eigenvalue weighted by Gasteiger charge is 2.53. The summed E-state index contributed by atoms with van der Waals surface area (Å²) in [7, 11) is 1.75. The molecule has 15 nitrogen and oxygen atoms in total. The van der Waals surface area contributed by atoms with Gasteiger partial charge in [0.25, 0.3) is 11.7 Å². The summed E-state index contributed by atoms with van der Waals surface area (Å²) in [5.74, 6) is -8.10. The molecule has 0 aromatic heterocycles. The average molecular weight is 976 g/mol. The predicted molar refractivity (Wildman–Crippen MR) is 259 cm³/mol. The maximum Gasteiger partial charge on any atom is 0.329 e. The highest BCUT2D eigenvalue weighted by molar-refractivity contribution is 7.57. The molecule has 384 valence electrons. The fourth-order valence-electron chi connectivity index (χ4n) is 10.2. The molecule has 0 radical (unpaired) electrons. The number of nitrogens with zero attached hydrogens (tertiary/aromatic N) is 1. The van der Waals surface area contributed by atoms with Gasteiger partial charge in [-0.3, -0.25) is 23.7 Å². The number of amides is 1. The van der Waals surface area contributed by atoms with Crippen LogP contribution in [0.5, 0.6) is 0 Å². The van der Waals surface area contributed by atoms with Crippen LogP contribution in [-0.2, 0) is 56.7 Å². The van der Waals surface area contributed by atoms with Crippen LogP contribution in [0.4, 0.5) is 0 Å². The second kappa shape index (κ2) is 26.3. The smallest absolute Gasteiger partial charge is 0.329 e. The van der Waals surface area contributed by atoms with Gasteiger partial charge in [0.15, 0.2) is 13.2 Å². The lowest BCUT2D eigenvalue weighted by molar-refractivity contribution is -0.265. The molecule has 0 spiro atoms. The Hall–Kier alpha value is -3.14. The van der Waals surface area contributed by atoms with Crippen LogP contribution >= 0.6 is 7.37 Å². The van der Waals surface area contributed by atoms with Gasteiger partial charge in [0.05, 0.1) is 24.4 Å². The molecule has 0 aromatic carbocycles. The van der Waals surface area contributed by atoms with Crippen molar-refractivity contribution >= 4 is 36.6 Å². The van der Waals surface area contributed by atoms with Gasteiger partial charge < -0.3 is 43.3 Å². The van der Waals surface area contributed by atoms with E-state index in [1.54, 1.807) is 48.3 Å². The van der Waals surface area contributed by atoms with E-state index in [1.165, 1.54) is 24.2 Å². The van der Waals surface area contributed by atoms with Crippen molar-refractivity contribution in [1.82, 2.24) is 4.90 Å². The second-order valence-corrected chi connectivity index (χ2v) is 23.2. The number of hydrogen-bond donors (Lipinski definition) is 2. The van der Waals surface area contributed by atoms with E-state index in [2.05, 4.69) is 0 Å². The molecule has 15 atom stereocenters. The molecule has 2 saturated heterocycles. The van der Waals surface area contributed by atoms with Gasteiger partial charge in [-0.15, -0.1) is 0 Å². The third-order valence-electron chi connectivity index (χ3n) is 14.5. The zero-order valence-corrected chi connectivity index (χ0v) is 43.4. The maximum absolute atomic E-state index is 14.4. The summed E-state index contributed by atoms with van der Waals surface area (Å²) in [4.78, 5) is 71.8. The number of aliphatic hydroxyl groups is 2. The van der Waals surface area contributed by atoms with Crippen LogP contribution in [0.1, 0.15) is 119 Å². The lowest BCUT2D eigenvalue weighted by Gasteiger charge is -2.42. The molecule has 0 aromatic rings. The number of cyclic esters (lactones) is 1. The fraction of sp³-hybridized carbons (Fsp3) is 0.750. The van der Waals surface area contributed by atoms with Crippen LogP contribution in [0.2, 0.25) is 0 Å². The molecule has 4 aliphatic rings. The first-order chi connectivity index (χ1) is 32.0. The van der Waals surface area contributed by atoms with Gasteiger partial charge in [-0.25, -0.2) is 4.79 Å². The van der Waals surface area contributed by atoms with E-state index in [0.29, 0.717) is 57.8 Å². The van der Waals surface area contributed by atoms with Crippen LogP contribution in [-0.4, -0.2) is 140 Å². The number of ketones is 3. The summed E-state index contributed by atoms with van der Waals surface area (Å²) in [6.45, 7) is 14.2. The lowest BCUT2D eigenvalue weighted by Crippen LogP contribution is -2.61. The normalized spacial score (nSPS) is 39.0. The Kier molecular flexibility index (Phi) is 22.3. The highest BCUT2D eigenvalue weighted by atomic mass is 31.2. The van der Waals surface area contributed by atoms with Crippen LogP contribution < -0.4 is 0 Å². The number of carbonyl (C=O) groups excluding carboxylic acids is 5. The van der Waals surface area contributed by atoms with Crippen molar-refractivity contribution in [3.63, 3.8) is 0 Å². The SMILES string of the molecule is CO[C@H]1C[C@@H]2CC[C@@H](C)[C@@](O)(O2)C(=O)C(=O)N2CCCC[C@H]2C(=O)O[C@H]([C@H](C)C[C@@H]2CCC(OP(C)(C)=O)[C@H](OC)C2)CC(=O)[C@H](C)/C=C/[C@@H](O)[C@@H](OC)C(=O)[C@H](C)C[C@H](C)/C=C/C=C/C=C/1C. The molecule has 3 heterocycles. The number of hydrogen-bond acceptors (Lipinski definition) is 14. The van der Waals surface area contributed by atoms with Gasteiger partial charge in [-0.05, 0) is 94.5 Å². The summed E-state index contributed by atoms with van der Waals surface area (Å²) in [5.41, 5.74) is 0.875. The molecule has 2 N–H and O–H groups in total. The number of ether oxygens (including phenoxy) is 5. The molecule has 3 fully saturated rings. The molecular weight excluding hydrogens is 894 g/mol. The number of allylic oxidation sites excluding steroid dienone is 6. The Morgan fingerprint density at radius 1 is 0.853 bits per heavy atom. The fourth-order valence-corrected chi connectivity index (χ4v) is 11.1. The summed E-state index contributed by atoms with van der Waals surface area (Å²) in [5, 5.41) is 23.2. The number of Topliss-reactive ketones (excluding diaryl/α,β-unsaturated/α-hetero) is 3. The number of piperidine rings is 1. The molecule has 1 amide bonds. The summed E-state index contributed by atoms with van der Waals surface area (Å²) in [6.07, 6.45) is 12.7. The van der Waals surface area contributed by atoms with Crippen molar-refractivity contribution < 1.29 is 67.0 Å². The van der Waals surface area contributed by atoms with Crippen LogP contribution in [0, 0.1) is 35.5 Å². The first kappa shape index (κ1) is 57.4. The van der Waals surface area contributed by atoms with E-state index in [4.69, 9.17) is 28.2 Å². The first-order valence-corrected chi connectivity index (χ1v) is 27.3. The summed E-state index contributed by atoms with van der Waals surface area (Å²) >= 11 is 0. The minimum atomic E-state index is -2.79. The molecule has 3 aliphatic heterocycles. The number of methoxy groups -OCH3 is 3. The highest BCUT2D eigenvalue weighted by Crippen LogP contribution is 2.44. The third kappa shape index (κ3) is 15.9. The van der Waals surface area contributed by atoms with E-state index in [1.807, 2.05) is 51.2 Å². The minimum Gasteiger partial charge on any atom is -0.460 e. The Morgan fingerprint density at radius 3 is 2.24 bits per heavy atom. The van der Waals surface area contributed by atoms with Gasteiger partial charge in [-0.2, -0.15) is 0 Å². The van der Waals surface area contributed by atoms with Gasteiger partial charge in [0, 0.05) is 71.8 Å². The monoisotopic (exact) mass is 976 g/mol. The van der Waals surface area contributed by atoms with E-state index >= 15 is 0 Å². The quantitative estimate of drug-likeness (QED) is 0.106. The Morgan fingerprint density at radius 2 is 1.57 bits per heavy atom. The number of rotatable bonds is 8. The molecule has 4 rings (SSSR count). The second-order valence-electron chi connectivity index (χ2n) is 20.4. The number of esters is 1. The molecule has 68 heavy (non-hydrogen) atoms. The number of fused-ring (bicyclic) bond motifs is 3. The molecule has 16 heteroatoms. The largest absolute Gasteiger partial charge is 0.460 e. The predicted octanol–water partition coefficient (Wildman–Crippen LogP) is 7.35. The van der Waals surface area contributed by atoms with Crippen molar-refractivity contribution in [1.29, 1.82) is 0 Å². The maximum atomic E-state index is 14.4. The molecule has 1 saturated carbocycles. The van der Waals surface area contributed by atoms with Crippen molar-refractivity contribution in [3.8, 4) is 0 Å². The Labute approximate surface area is 405 Å². The van der Waals surface area contributed by atoms with Crippen LogP contribution in [0.3, 0.4) is 0 Å². The standard InChI is InChI=1S/C52H82NO14P/c1-32-17-13-12-14-18-34(3)44(62-7)30-39-23-21-37(6)52(60,66-39)49(57)50(58)53-26-16-15-19-40(53)51(59)65-45(35(4)28-38-22-25-43(46(29-38)63-8)67-68(10,11)61)31-42(55)33(2)20-24-41(54)48(64-9)47(56)36(5)27-32/h12-14,17-18,20,24,32-33,35-41,43-46,48,54,60H,15-16,19,21-23,25-31H2,1-11H3/b14-12+,17-13+,24-20+,34-18+/t32-,33-,35-,36-,37-,38+,39+,40+,41-,43?,44+,45+,46-,48-,52-/m1/s1.